The lowest BCUT2D eigenvalue weighted by atomic mass is 10.3. The van der Waals surface area contributed by atoms with E-state index in [4.69, 9.17) is 4.74 Å². The van der Waals surface area contributed by atoms with E-state index in [9.17, 15) is 4.79 Å². The summed E-state index contributed by atoms with van der Waals surface area (Å²) in [6, 6.07) is 3.26. The third-order valence-electron chi connectivity index (χ3n) is 1.59. The first-order valence-corrected chi connectivity index (χ1v) is 3.96. The van der Waals surface area contributed by atoms with Crippen molar-refractivity contribution in [3.63, 3.8) is 0 Å². The van der Waals surface area contributed by atoms with Gasteiger partial charge in [-0.05, 0) is 6.07 Å². The van der Waals surface area contributed by atoms with Crippen molar-refractivity contribution in [1.29, 1.82) is 0 Å². The molecule has 0 unspecified atom stereocenters. The number of hydrogen-bond donors (Lipinski definition) is 1. The minimum Gasteiger partial charge on any atom is -0.436 e. The summed E-state index contributed by atoms with van der Waals surface area (Å²) in [5, 5.41) is 6.33. The average Bonchev–Trinajstić information content (AvgIpc) is 2.72. The van der Waals surface area contributed by atoms with Crippen molar-refractivity contribution >= 4 is 6.29 Å². The Balaban J connectivity index is 2.14. The number of hydrogen-bond acceptors (Lipinski definition) is 4. The van der Waals surface area contributed by atoms with Gasteiger partial charge in [0, 0.05) is 17.8 Å². The summed E-state index contributed by atoms with van der Waals surface area (Å²) < 4.78 is 5.30. The molecule has 0 aliphatic rings. The summed E-state index contributed by atoms with van der Waals surface area (Å²) in [6.07, 6.45) is 5.32. The maximum atomic E-state index is 10.3. The Morgan fingerprint density at radius 3 is 2.86 bits per heavy atom. The average molecular weight is 189 g/mol. The smallest absolute Gasteiger partial charge is 0.219 e. The van der Waals surface area contributed by atoms with Gasteiger partial charge in [-0.2, -0.15) is 5.10 Å². The lowest BCUT2D eigenvalue weighted by Crippen LogP contribution is -1.87. The first kappa shape index (κ1) is 8.43. The monoisotopic (exact) mass is 189 g/mol. The van der Waals surface area contributed by atoms with E-state index in [1.165, 1.54) is 12.4 Å². The van der Waals surface area contributed by atoms with Gasteiger partial charge in [0.1, 0.15) is 0 Å². The highest BCUT2D eigenvalue weighted by molar-refractivity contribution is 5.74. The first-order valence-electron chi connectivity index (χ1n) is 3.96. The molecule has 0 saturated heterocycles. The molecule has 0 saturated carbocycles. The van der Waals surface area contributed by atoms with E-state index in [1.807, 2.05) is 0 Å². The van der Waals surface area contributed by atoms with Crippen molar-refractivity contribution < 1.29 is 9.53 Å². The highest BCUT2D eigenvalue weighted by atomic mass is 16.5. The number of nitrogens with one attached hydrogen (secondary N) is 1. The molecule has 0 aliphatic carbocycles. The van der Waals surface area contributed by atoms with Crippen LogP contribution in [0.1, 0.15) is 10.4 Å². The van der Waals surface area contributed by atoms with Crippen molar-refractivity contribution in [3.05, 3.63) is 36.3 Å². The molecule has 0 atom stereocenters. The summed E-state index contributed by atoms with van der Waals surface area (Å²) in [6.45, 7) is 0. The van der Waals surface area contributed by atoms with Crippen LogP contribution in [0.5, 0.6) is 11.6 Å². The number of aldehydes is 1. The number of pyridine rings is 1. The zero-order valence-electron chi connectivity index (χ0n) is 7.18. The molecule has 2 heterocycles. The molecule has 2 aromatic heterocycles. The summed E-state index contributed by atoms with van der Waals surface area (Å²) in [7, 11) is 0. The molecule has 0 aromatic carbocycles. The maximum Gasteiger partial charge on any atom is 0.219 e. The third kappa shape index (κ3) is 1.77. The van der Waals surface area contributed by atoms with E-state index < -0.39 is 0 Å². The number of aromatic amines is 1. The van der Waals surface area contributed by atoms with Crippen LogP contribution in [0.3, 0.4) is 0 Å². The topological polar surface area (TPSA) is 67.9 Å². The number of carbonyl (C=O) groups is 1. The van der Waals surface area contributed by atoms with Crippen LogP contribution in [-0.2, 0) is 0 Å². The minimum absolute atomic E-state index is 0.428. The van der Waals surface area contributed by atoms with E-state index in [0.29, 0.717) is 17.2 Å². The predicted octanol–water partition coefficient (Wildman–Crippen LogP) is 1.41. The van der Waals surface area contributed by atoms with Crippen molar-refractivity contribution in [2.24, 2.45) is 0 Å². The zero-order valence-corrected chi connectivity index (χ0v) is 7.18. The van der Waals surface area contributed by atoms with Crippen molar-refractivity contribution in [1.82, 2.24) is 15.2 Å². The SMILES string of the molecule is O=Cc1ccc(Oc2cn[nH]c2)nc1. The summed E-state index contributed by atoms with van der Waals surface area (Å²) in [4.78, 5) is 14.3. The van der Waals surface area contributed by atoms with Gasteiger partial charge < -0.3 is 4.74 Å². The van der Waals surface area contributed by atoms with Gasteiger partial charge in [-0.15, -0.1) is 0 Å². The number of rotatable bonds is 3. The van der Waals surface area contributed by atoms with Crippen LogP contribution in [-0.4, -0.2) is 21.5 Å². The second-order valence-corrected chi connectivity index (χ2v) is 2.58. The number of ether oxygens (including phenoxy) is 1. The largest absolute Gasteiger partial charge is 0.436 e. The van der Waals surface area contributed by atoms with Gasteiger partial charge in [0.15, 0.2) is 12.0 Å². The van der Waals surface area contributed by atoms with Crippen molar-refractivity contribution in [2.45, 2.75) is 0 Å². The van der Waals surface area contributed by atoms with Crippen molar-refractivity contribution in [3.8, 4) is 11.6 Å². The molecule has 5 heteroatoms. The number of H-pyrrole nitrogens is 1. The molecular weight excluding hydrogens is 182 g/mol. The molecule has 0 fully saturated rings. The lowest BCUT2D eigenvalue weighted by molar-refractivity contribution is 0.112. The number of carbonyl (C=O) groups excluding carboxylic acids is 1. The molecular formula is C9H7N3O2. The highest BCUT2D eigenvalue weighted by Gasteiger charge is 1.98. The van der Waals surface area contributed by atoms with E-state index in [-0.39, 0.29) is 0 Å². The molecule has 70 valence electrons. The summed E-state index contributed by atoms with van der Waals surface area (Å²) in [5.74, 6) is 1.01. The molecule has 0 radical (unpaired) electrons. The van der Waals surface area contributed by atoms with Crippen LogP contribution >= 0.6 is 0 Å². The Bertz CT molecular complexity index is 408. The molecule has 14 heavy (non-hydrogen) atoms. The van der Waals surface area contributed by atoms with Gasteiger partial charge in [0.2, 0.25) is 5.88 Å². The molecule has 2 aromatic rings. The van der Waals surface area contributed by atoms with E-state index >= 15 is 0 Å². The maximum absolute atomic E-state index is 10.3. The molecule has 5 nitrogen and oxygen atoms in total. The lowest BCUT2D eigenvalue weighted by Gasteiger charge is -1.99. The number of nitrogens with zero attached hydrogens (tertiary/aromatic N) is 2. The fourth-order valence-electron chi connectivity index (χ4n) is 0.937. The Labute approximate surface area is 79.7 Å². The van der Waals surface area contributed by atoms with Gasteiger partial charge >= 0.3 is 0 Å². The minimum atomic E-state index is 0.428. The molecule has 2 rings (SSSR count). The van der Waals surface area contributed by atoms with Crippen LogP contribution in [0.15, 0.2) is 30.7 Å². The first-order chi connectivity index (χ1) is 6.88. The molecule has 0 aliphatic heterocycles. The Hall–Kier alpha value is -2.17. The van der Waals surface area contributed by atoms with Crippen LogP contribution in [0.25, 0.3) is 0 Å². The Kier molecular flexibility index (Phi) is 2.22. The molecule has 0 spiro atoms. The van der Waals surface area contributed by atoms with Gasteiger partial charge in [0.05, 0.1) is 12.4 Å². The van der Waals surface area contributed by atoms with Crippen LogP contribution in [0.4, 0.5) is 0 Å². The highest BCUT2D eigenvalue weighted by Crippen LogP contribution is 2.16. The van der Waals surface area contributed by atoms with Gasteiger partial charge in [0.25, 0.3) is 0 Å². The predicted molar refractivity (Wildman–Crippen MR) is 48.3 cm³/mol. The molecule has 0 bridgehead atoms. The van der Waals surface area contributed by atoms with Crippen molar-refractivity contribution in [2.75, 3.05) is 0 Å². The van der Waals surface area contributed by atoms with Crippen LogP contribution in [0, 0.1) is 0 Å². The number of aromatic nitrogens is 3. The summed E-state index contributed by atoms with van der Waals surface area (Å²) in [5.41, 5.74) is 0.518. The summed E-state index contributed by atoms with van der Waals surface area (Å²) >= 11 is 0. The Morgan fingerprint density at radius 1 is 1.36 bits per heavy atom. The van der Waals surface area contributed by atoms with E-state index in [0.717, 1.165) is 6.29 Å². The van der Waals surface area contributed by atoms with Gasteiger partial charge in [-0.3, -0.25) is 9.89 Å². The molecule has 1 N–H and O–H groups in total. The second-order valence-electron chi connectivity index (χ2n) is 2.58. The third-order valence-corrected chi connectivity index (χ3v) is 1.59. The second kappa shape index (κ2) is 3.69. The standard InChI is InChI=1S/C9H7N3O2/c13-6-7-1-2-9(10-3-7)14-8-4-11-12-5-8/h1-6H,(H,11,12). The normalized spacial score (nSPS) is 9.71. The van der Waals surface area contributed by atoms with Crippen LogP contribution < -0.4 is 4.74 Å². The Morgan fingerprint density at radius 2 is 2.29 bits per heavy atom. The van der Waals surface area contributed by atoms with E-state index in [2.05, 4.69) is 15.2 Å². The fourth-order valence-corrected chi connectivity index (χ4v) is 0.937. The molecule has 0 amide bonds. The van der Waals surface area contributed by atoms with Gasteiger partial charge in [-0.1, -0.05) is 0 Å². The quantitative estimate of drug-likeness (QED) is 0.741. The van der Waals surface area contributed by atoms with Gasteiger partial charge in [-0.25, -0.2) is 4.98 Å². The fraction of sp³-hybridized carbons (Fsp3) is 0. The van der Waals surface area contributed by atoms with E-state index in [1.54, 1.807) is 18.3 Å². The zero-order chi connectivity index (χ0) is 9.80. The van der Waals surface area contributed by atoms with Crippen LogP contribution in [0.2, 0.25) is 0 Å².